The van der Waals surface area contributed by atoms with E-state index in [2.05, 4.69) is 5.32 Å². The summed E-state index contributed by atoms with van der Waals surface area (Å²) < 4.78 is 12.8. The molecule has 234 valence electrons. The zero-order valence-electron chi connectivity index (χ0n) is 24.3. The van der Waals surface area contributed by atoms with Crippen molar-refractivity contribution in [3.05, 3.63) is 101 Å². The van der Waals surface area contributed by atoms with Gasteiger partial charge in [0.15, 0.2) is 6.29 Å². The highest BCUT2D eigenvalue weighted by Gasteiger charge is 2.32. The number of rotatable bonds is 15. The zero-order valence-corrected chi connectivity index (χ0v) is 25.1. The van der Waals surface area contributed by atoms with E-state index in [0.29, 0.717) is 42.9 Å². The number of hydroxylamine groups is 1. The third kappa shape index (κ3) is 9.90. The van der Waals surface area contributed by atoms with Gasteiger partial charge in [-0.3, -0.25) is 14.8 Å². The number of hydrogen-bond donors (Lipinski definition) is 5. The van der Waals surface area contributed by atoms with Crippen LogP contribution in [0.4, 0.5) is 0 Å². The molecule has 0 saturated carbocycles. The maximum atomic E-state index is 12.2. The number of nitrogens with one attached hydrogen (secondary N) is 2. The lowest BCUT2D eigenvalue weighted by Gasteiger charge is -2.36. The number of carbonyl (C=O) groups is 3. The SMILES string of the molecule is O=C(CCCCCC(=O)NCc1ccc(C2OC(CSc3ccccc3C(=O)O)CC(c3ccc(CO)cc3)O2)cc1)NO. The molecule has 1 fully saturated rings. The summed E-state index contributed by atoms with van der Waals surface area (Å²) in [6.45, 7) is 0.332. The topological polar surface area (TPSA) is 154 Å². The van der Waals surface area contributed by atoms with Crippen molar-refractivity contribution < 1.29 is 39.3 Å². The molecule has 1 saturated heterocycles. The van der Waals surface area contributed by atoms with Gasteiger partial charge in [-0.1, -0.05) is 67.1 Å². The molecule has 0 aromatic heterocycles. The van der Waals surface area contributed by atoms with Crippen LogP contribution in [0.25, 0.3) is 0 Å². The Morgan fingerprint density at radius 1 is 0.818 bits per heavy atom. The quantitative estimate of drug-likeness (QED) is 0.0659. The summed E-state index contributed by atoms with van der Waals surface area (Å²) in [4.78, 5) is 35.6. The summed E-state index contributed by atoms with van der Waals surface area (Å²) in [7, 11) is 0. The van der Waals surface area contributed by atoms with E-state index in [4.69, 9.17) is 14.7 Å². The molecule has 1 aliphatic rings. The van der Waals surface area contributed by atoms with Gasteiger partial charge in [0.1, 0.15) is 0 Å². The Morgan fingerprint density at radius 2 is 1.48 bits per heavy atom. The second kappa shape index (κ2) is 16.9. The van der Waals surface area contributed by atoms with Gasteiger partial charge in [-0.15, -0.1) is 11.8 Å². The highest BCUT2D eigenvalue weighted by Crippen LogP contribution is 2.39. The van der Waals surface area contributed by atoms with Crippen LogP contribution in [0.2, 0.25) is 0 Å². The largest absolute Gasteiger partial charge is 0.478 e. The first-order valence-corrected chi connectivity index (χ1v) is 15.6. The number of carboxylic acid groups (broad SMARTS) is 1. The van der Waals surface area contributed by atoms with Crippen LogP contribution in [0.3, 0.4) is 0 Å². The van der Waals surface area contributed by atoms with Crippen molar-refractivity contribution in [1.82, 2.24) is 10.8 Å². The maximum absolute atomic E-state index is 12.2. The van der Waals surface area contributed by atoms with Crippen molar-refractivity contribution in [3.63, 3.8) is 0 Å². The summed E-state index contributed by atoms with van der Waals surface area (Å²) in [5.41, 5.74) is 5.38. The van der Waals surface area contributed by atoms with Crippen molar-refractivity contribution in [2.75, 3.05) is 5.75 Å². The van der Waals surface area contributed by atoms with E-state index >= 15 is 0 Å². The van der Waals surface area contributed by atoms with Crippen LogP contribution in [0, 0.1) is 0 Å². The molecule has 0 spiro atoms. The van der Waals surface area contributed by atoms with Crippen LogP contribution in [0.5, 0.6) is 0 Å². The van der Waals surface area contributed by atoms with Crippen molar-refractivity contribution in [2.45, 2.75) is 75.1 Å². The van der Waals surface area contributed by atoms with Crippen LogP contribution in [0.15, 0.2) is 77.7 Å². The summed E-state index contributed by atoms with van der Waals surface area (Å²) in [6, 6.07) is 22.2. The van der Waals surface area contributed by atoms with Crippen molar-refractivity contribution in [2.24, 2.45) is 0 Å². The first-order chi connectivity index (χ1) is 21.4. The standard InChI is InChI=1S/C33H38N2O8S/c36-20-23-12-14-24(15-13-23)28-18-26(21-44-29-7-5-4-6-27(29)32(39)40)42-33(43-28)25-16-10-22(11-17-25)19-34-30(37)8-2-1-3-9-31(38)35-41/h4-7,10-17,26,28,33,36,41H,1-3,8-9,18-21H2,(H,34,37)(H,35,38)(H,39,40). The predicted octanol–water partition coefficient (Wildman–Crippen LogP) is 5.29. The summed E-state index contributed by atoms with van der Waals surface area (Å²) >= 11 is 1.44. The van der Waals surface area contributed by atoms with Crippen molar-refractivity contribution in [1.29, 1.82) is 0 Å². The number of amides is 2. The number of aliphatic hydroxyl groups excluding tert-OH is 1. The molecule has 10 nitrogen and oxygen atoms in total. The van der Waals surface area contributed by atoms with Crippen LogP contribution < -0.4 is 10.8 Å². The molecule has 1 aliphatic heterocycles. The summed E-state index contributed by atoms with van der Waals surface area (Å²) in [5, 5.41) is 30.5. The molecule has 0 bridgehead atoms. The fraction of sp³-hybridized carbons (Fsp3) is 0.364. The molecule has 0 aliphatic carbocycles. The molecule has 3 aromatic rings. The highest BCUT2D eigenvalue weighted by molar-refractivity contribution is 7.99. The lowest BCUT2D eigenvalue weighted by Crippen LogP contribution is -2.31. The van der Waals surface area contributed by atoms with E-state index in [1.165, 1.54) is 11.8 Å². The molecule has 3 unspecified atom stereocenters. The van der Waals surface area contributed by atoms with Crippen molar-refractivity contribution in [3.8, 4) is 0 Å². The van der Waals surface area contributed by atoms with E-state index in [1.54, 1.807) is 23.7 Å². The normalized spacial score (nSPS) is 18.0. The molecule has 3 atom stereocenters. The number of carbonyl (C=O) groups excluding carboxylic acids is 2. The lowest BCUT2D eigenvalue weighted by atomic mass is 10.0. The van der Waals surface area contributed by atoms with Crippen LogP contribution >= 0.6 is 11.8 Å². The van der Waals surface area contributed by atoms with Gasteiger partial charge in [-0.25, -0.2) is 10.3 Å². The molecule has 2 amide bonds. The molecule has 5 N–H and O–H groups in total. The molecule has 11 heteroatoms. The Balaban J connectivity index is 1.37. The number of thioether (sulfide) groups is 1. The Labute approximate surface area is 260 Å². The third-order valence-electron chi connectivity index (χ3n) is 7.33. The Morgan fingerprint density at radius 3 is 2.16 bits per heavy atom. The third-order valence-corrected chi connectivity index (χ3v) is 8.54. The lowest BCUT2D eigenvalue weighted by molar-refractivity contribution is -0.245. The Hall–Kier alpha value is -3.74. The fourth-order valence-electron chi connectivity index (χ4n) is 4.86. The summed E-state index contributed by atoms with van der Waals surface area (Å²) in [6.07, 6.45) is 2.02. The Kier molecular flexibility index (Phi) is 12.8. The second-order valence-corrected chi connectivity index (χ2v) is 11.6. The average molecular weight is 623 g/mol. The number of aromatic carboxylic acids is 1. The van der Waals surface area contributed by atoms with Gasteiger partial charge in [0.05, 0.1) is 24.4 Å². The Bertz CT molecular complexity index is 1380. The van der Waals surface area contributed by atoms with Gasteiger partial charge >= 0.3 is 5.97 Å². The second-order valence-electron chi connectivity index (χ2n) is 10.6. The van der Waals surface area contributed by atoms with Gasteiger partial charge < -0.3 is 25.0 Å². The van der Waals surface area contributed by atoms with E-state index in [9.17, 15) is 24.6 Å². The van der Waals surface area contributed by atoms with E-state index in [1.807, 2.05) is 54.6 Å². The molecular weight excluding hydrogens is 584 g/mol. The highest BCUT2D eigenvalue weighted by atomic mass is 32.2. The molecule has 3 aromatic carbocycles. The maximum Gasteiger partial charge on any atom is 0.336 e. The minimum absolute atomic E-state index is 0.0436. The zero-order chi connectivity index (χ0) is 31.3. The number of hydrogen-bond acceptors (Lipinski definition) is 8. The number of aliphatic hydroxyl groups is 1. The summed E-state index contributed by atoms with van der Waals surface area (Å²) in [5.74, 6) is -0.931. The smallest absolute Gasteiger partial charge is 0.336 e. The predicted molar refractivity (Wildman–Crippen MR) is 164 cm³/mol. The number of unbranched alkanes of at least 4 members (excludes halogenated alkanes) is 2. The molecule has 4 rings (SSSR count). The first-order valence-electron chi connectivity index (χ1n) is 14.6. The first kappa shape index (κ1) is 33.2. The van der Waals surface area contributed by atoms with Gasteiger partial charge in [-0.2, -0.15) is 0 Å². The van der Waals surface area contributed by atoms with Gasteiger partial charge in [0, 0.05) is 42.0 Å². The monoisotopic (exact) mass is 622 g/mol. The molecule has 1 heterocycles. The van der Waals surface area contributed by atoms with E-state index < -0.39 is 18.2 Å². The minimum atomic E-state index is -0.971. The van der Waals surface area contributed by atoms with E-state index in [-0.39, 0.29) is 36.7 Å². The molecule has 44 heavy (non-hydrogen) atoms. The number of ether oxygens (including phenoxy) is 2. The number of benzene rings is 3. The number of carboxylic acids is 1. The van der Waals surface area contributed by atoms with E-state index in [0.717, 1.165) is 28.7 Å². The average Bonchev–Trinajstić information content (AvgIpc) is 3.06. The van der Waals surface area contributed by atoms with Crippen LogP contribution in [-0.4, -0.2) is 45.1 Å². The van der Waals surface area contributed by atoms with Crippen LogP contribution in [-0.2, 0) is 32.2 Å². The minimum Gasteiger partial charge on any atom is -0.478 e. The van der Waals surface area contributed by atoms with Gasteiger partial charge in [0.25, 0.3) is 0 Å². The molecular formula is C33H38N2O8S. The molecule has 0 radical (unpaired) electrons. The van der Waals surface area contributed by atoms with Crippen molar-refractivity contribution >= 4 is 29.5 Å². The van der Waals surface area contributed by atoms with Gasteiger partial charge in [-0.05, 0) is 41.7 Å². The fourth-order valence-corrected chi connectivity index (χ4v) is 5.93. The van der Waals surface area contributed by atoms with Gasteiger partial charge in [0.2, 0.25) is 11.8 Å². The van der Waals surface area contributed by atoms with Crippen LogP contribution in [0.1, 0.15) is 83.5 Å².